The summed E-state index contributed by atoms with van der Waals surface area (Å²) in [7, 11) is 0. The highest BCUT2D eigenvalue weighted by Crippen LogP contribution is 2.35. The second-order valence-electron chi connectivity index (χ2n) is 6.51. The van der Waals surface area contributed by atoms with E-state index in [2.05, 4.69) is 53.1 Å². The summed E-state index contributed by atoms with van der Waals surface area (Å²) in [6.07, 6.45) is 1.86. The van der Waals surface area contributed by atoms with Crippen molar-refractivity contribution in [1.29, 1.82) is 0 Å². The van der Waals surface area contributed by atoms with Crippen LogP contribution in [-0.2, 0) is 11.2 Å². The number of rotatable bonds is 2. The Bertz CT molecular complexity index is 713. The van der Waals surface area contributed by atoms with Crippen LogP contribution < -0.4 is 4.90 Å². The first kappa shape index (κ1) is 14.3. The molecule has 2 atom stereocenters. The summed E-state index contributed by atoms with van der Waals surface area (Å²) in [4.78, 5) is 17.6. The number of hydrogen-bond donors (Lipinski definition) is 0. The number of nitrogens with zero attached hydrogens (tertiary/aromatic N) is 2. The lowest BCUT2D eigenvalue weighted by Crippen LogP contribution is -2.45. The van der Waals surface area contributed by atoms with Crippen LogP contribution in [0.2, 0.25) is 0 Å². The van der Waals surface area contributed by atoms with E-state index in [4.69, 9.17) is 0 Å². The van der Waals surface area contributed by atoms with Gasteiger partial charge in [-0.3, -0.25) is 4.79 Å². The van der Waals surface area contributed by atoms with Gasteiger partial charge in [-0.1, -0.05) is 48.5 Å². The third kappa shape index (κ3) is 2.40. The molecule has 2 aliphatic heterocycles. The number of amides is 1. The Kier molecular flexibility index (Phi) is 3.56. The molecule has 0 aliphatic carbocycles. The Hall–Kier alpha value is -2.29. The van der Waals surface area contributed by atoms with Crippen LogP contribution in [0.25, 0.3) is 0 Å². The minimum absolute atomic E-state index is 0.0268. The molecule has 2 aromatic carbocycles. The van der Waals surface area contributed by atoms with Crippen LogP contribution >= 0.6 is 0 Å². The van der Waals surface area contributed by atoms with Crippen LogP contribution in [0.4, 0.5) is 5.69 Å². The van der Waals surface area contributed by atoms with Crippen LogP contribution in [0, 0.1) is 0 Å². The van der Waals surface area contributed by atoms with Crippen molar-refractivity contribution in [2.24, 2.45) is 0 Å². The first-order valence-corrected chi connectivity index (χ1v) is 8.45. The zero-order valence-electron chi connectivity index (χ0n) is 13.5. The first-order valence-electron chi connectivity index (χ1n) is 8.45. The van der Waals surface area contributed by atoms with E-state index >= 15 is 0 Å². The van der Waals surface area contributed by atoms with Crippen molar-refractivity contribution in [2.45, 2.75) is 31.8 Å². The highest BCUT2D eigenvalue weighted by atomic mass is 16.2. The van der Waals surface area contributed by atoms with E-state index in [1.165, 1.54) is 16.8 Å². The van der Waals surface area contributed by atoms with Crippen molar-refractivity contribution in [3.8, 4) is 0 Å². The Morgan fingerprint density at radius 3 is 2.57 bits per heavy atom. The molecule has 2 unspecified atom stereocenters. The largest absolute Gasteiger partial charge is 0.359 e. The minimum Gasteiger partial charge on any atom is -0.359 e. The predicted octanol–water partition coefficient (Wildman–Crippen LogP) is 3.41. The third-order valence-corrected chi connectivity index (χ3v) is 5.21. The Morgan fingerprint density at radius 2 is 1.74 bits per heavy atom. The van der Waals surface area contributed by atoms with E-state index in [0.29, 0.717) is 0 Å². The van der Waals surface area contributed by atoms with Crippen molar-refractivity contribution in [1.82, 2.24) is 4.90 Å². The van der Waals surface area contributed by atoms with Crippen LogP contribution in [0.15, 0.2) is 54.6 Å². The molecule has 118 valence electrons. The zero-order valence-corrected chi connectivity index (χ0v) is 13.5. The fraction of sp³-hybridized carbons (Fsp3) is 0.350. The Morgan fingerprint density at radius 1 is 1.00 bits per heavy atom. The van der Waals surface area contributed by atoms with Gasteiger partial charge in [0.05, 0.1) is 6.04 Å². The summed E-state index contributed by atoms with van der Waals surface area (Å²) in [5.74, 6) is 0.273. The topological polar surface area (TPSA) is 23.6 Å². The maximum absolute atomic E-state index is 13.2. The van der Waals surface area contributed by atoms with Gasteiger partial charge in [-0.2, -0.15) is 0 Å². The van der Waals surface area contributed by atoms with Gasteiger partial charge in [0, 0.05) is 25.2 Å². The number of anilines is 1. The fourth-order valence-corrected chi connectivity index (χ4v) is 3.96. The molecule has 3 nitrogen and oxygen atoms in total. The number of para-hydroxylation sites is 1. The molecule has 2 heterocycles. The second-order valence-corrected chi connectivity index (χ2v) is 6.51. The average Bonchev–Trinajstić information content (AvgIpc) is 2.89. The lowest BCUT2D eigenvalue weighted by Gasteiger charge is -2.31. The van der Waals surface area contributed by atoms with E-state index in [0.717, 1.165) is 25.9 Å². The number of carbonyl (C=O) groups excluding carboxylic acids is 1. The quantitative estimate of drug-likeness (QED) is 0.849. The standard InChI is InChI=1S/C20H22N2O/c1-15(16-8-3-2-4-9-16)21-12-7-13-22-18-11-6-5-10-17(18)14-19(22)20(21)23/h2-6,8-11,15,19H,7,12-14H2,1H3. The molecule has 0 saturated carbocycles. The highest BCUT2D eigenvalue weighted by Gasteiger charge is 2.39. The summed E-state index contributed by atoms with van der Waals surface area (Å²) in [5.41, 5.74) is 3.77. The molecule has 0 aromatic heterocycles. The normalized spacial score (nSPS) is 21.6. The first-order chi connectivity index (χ1) is 11.3. The zero-order chi connectivity index (χ0) is 15.8. The van der Waals surface area contributed by atoms with Gasteiger partial charge in [-0.25, -0.2) is 0 Å². The molecule has 0 radical (unpaired) electrons. The maximum atomic E-state index is 13.2. The number of benzene rings is 2. The van der Waals surface area contributed by atoms with Gasteiger partial charge in [0.15, 0.2) is 0 Å². The lowest BCUT2D eigenvalue weighted by atomic mass is 10.0. The Labute approximate surface area is 137 Å². The molecule has 2 aromatic rings. The smallest absolute Gasteiger partial charge is 0.246 e. The van der Waals surface area contributed by atoms with Gasteiger partial charge in [-0.05, 0) is 30.5 Å². The Balaban J connectivity index is 1.63. The van der Waals surface area contributed by atoms with E-state index in [1.807, 2.05) is 18.2 Å². The summed E-state index contributed by atoms with van der Waals surface area (Å²) in [6, 6.07) is 18.9. The molecule has 1 fully saturated rings. The van der Waals surface area contributed by atoms with Gasteiger partial charge >= 0.3 is 0 Å². The van der Waals surface area contributed by atoms with Crippen LogP contribution in [0.5, 0.6) is 0 Å². The van der Waals surface area contributed by atoms with Crippen LogP contribution in [0.1, 0.15) is 30.5 Å². The molecule has 0 bridgehead atoms. The SMILES string of the molecule is CC(c1ccccc1)N1CCCN2c3ccccc3CC2C1=O. The lowest BCUT2D eigenvalue weighted by molar-refractivity contribution is -0.134. The van der Waals surface area contributed by atoms with Crippen LogP contribution in [0.3, 0.4) is 0 Å². The highest BCUT2D eigenvalue weighted by molar-refractivity contribution is 5.89. The predicted molar refractivity (Wildman–Crippen MR) is 92.5 cm³/mol. The van der Waals surface area contributed by atoms with Gasteiger partial charge in [0.1, 0.15) is 6.04 Å². The molecule has 4 rings (SSSR count). The van der Waals surface area contributed by atoms with E-state index in [9.17, 15) is 4.79 Å². The second kappa shape index (κ2) is 5.73. The molecule has 0 spiro atoms. The molecular formula is C20H22N2O. The van der Waals surface area contributed by atoms with Crippen molar-refractivity contribution < 1.29 is 4.79 Å². The van der Waals surface area contributed by atoms with Gasteiger partial charge in [0.25, 0.3) is 0 Å². The monoisotopic (exact) mass is 306 g/mol. The molecule has 1 amide bonds. The summed E-state index contributed by atoms with van der Waals surface area (Å²) < 4.78 is 0. The van der Waals surface area contributed by atoms with Gasteiger partial charge < -0.3 is 9.80 Å². The molecule has 1 saturated heterocycles. The van der Waals surface area contributed by atoms with Crippen molar-refractivity contribution in [3.63, 3.8) is 0 Å². The summed E-state index contributed by atoms with van der Waals surface area (Å²) in [6.45, 7) is 3.94. The number of fused-ring (bicyclic) bond motifs is 3. The number of hydrogen-bond acceptors (Lipinski definition) is 2. The van der Waals surface area contributed by atoms with E-state index in [1.54, 1.807) is 0 Å². The van der Waals surface area contributed by atoms with Gasteiger partial charge in [-0.15, -0.1) is 0 Å². The summed E-state index contributed by atoms with van der Waals surface area (Å²) in [5, 5.41) is 0. The number of carbonyl (C=O) groups is 1. The summed E-state index contributed by atoms with van der Waals surface area (Å²) >= 11 is 0. The molecule has 0 N–H and O–H groups in total. The minimum atomic E-state index is -0.0268. The maximum Gasteiger partial charge on any atom is 0.246 e. The fourth-order valence-electron chi connectivity index (χ4n) is 3.96. The molecule has 3 heteroatoms. The van der Waals surface area contributed by atoms with Crippen molar-refractivity contribution >= 4 is 11.6 Å². The average molecular weight is 306 g/mol. The van der Waals surface area contributed by atoms with E-state index < -0.39 is 0 Å². The third-order valence-electron chi connectivity index (χ3n) is 5.21. The van der Waals surface area contributed by atoms with Crippen LogP contribution in [-0.4, -0.2) is 29.9 Å². The molecule has 23 heavy (non-hydrogen) atoms. The van der Waals surface area contributed by atoms with E-state index in [-0.39, 0.29) is 18.0 Å². The van der Waals surface area contributed by atoms with Gasteiger partial charge in [0.2, 0.25) is 5.91 Å². The molecule has 2 aliphatic rings. The van der Waals surface area contributed by atoms with Crippen molar-refractivity contribution in [3.05, 3.63) is 65.7 Å². The molecular weight excluding hydrogens is 284 g/mol. The van der Waals surface area contributed by atoms with Crippen molar-refractivity contribution in [2.75, 3.05) is 18.0 Å².